The average Bonchev–Trinajstić information content (AvgIpc) is 2.79. The first-order valence-electron chi connectivity index (χ1n) is 7.95. The van der Waals surface area contributed by atoms with Crippen molar-refractivity contribution in [2.75, 3.05) is 13.2 Å². The second-order valence-electron chi connectivity index (χ2n) is 5.62. The van der Waals surface area contributed by atoms with E-state index >= 15 is 0 Å². The monoisotopic (exact) mass is 408 g/mol. The number of carbonyl (C=O) groups excluding carboxylic acids is 2. The van der Waals surface area contributed by atoms with Crippen molar-refractivity contribution in [2.24, 2.45) is 0 Å². The quantitative estimate of drug-likeness (QED) is 0.424. The molecule has 1 saturated heterocycles. The van der Waals surface area contributed by atoms with Gasteiger partial charge in [0.05, 0.1) is 17.2 Å². The van der Waals surface area contributed by atoms with Crippen LogP contribution < -0.4 is 14.8 Å². The molecule has 3 amide bonds. The van der Waals surface area contributed by atoms with Gasteiger partial charge in [-0.25, -0.2) is 4.79 Å². The van der Waals surface area contributed by atoms with E-state index in [0.29, 0.717) is 28.1 Å². The normalized spacial score (nSPS) is 15.7. The van der Waals surface area contributed by atoms with Crippen LogP contribution in [-0.4, -0.2) is 36.1 Å². The molecule has 0 saturated carbocycles. The maximum Gasteiger partial charge on any atom is 0.329 e. The molecule has 1 aliphatic rings. The number of hydrogen-bond donors (Lipinski definition) is 1. The number of hydrogen-bond acceptors (Lipinski definition) is 4. The Labute approximate surface area is 155 Å². The summed E-state index contributed by atoms with van der Waals surface area (Å²) >= 11 is 3.48. The standard InChI is InChI=1S/C18H21BrN2O4/c1-5-7-21-17(22)14(20-18(21)23)9-12-8-13(19)16(25-11(3)4)15(10-12)24-6-2/h5,8-11H,1,6-7H2,2-4H3,(H,20,23)/b14-9+. The Morgan fingerprint density at radius 1 is 1.36 bits per heavy atom. The smallest absolute Gasteiger partial charge is 0.329 e. The lowest BCUT2D eigenvalue weighted by Crippen LogP contribution is -2.30. The maximum atomic E-state index is 12.3. The minimum Gasteiger partial charge on any atom is -0.490 e. The van der Waals surface area contributed by atoms with Crippen LogP contribution in [0.2, 0.25) is 0 Å². The number of rotatable bonds is 7. The second kappa shape index (κ2) is 8.20. The van der Waals surface area contributed by atoms with Crippen LogP contribution >= 0.6 is 15.9 Å². The van der Waals surface area contributed by atoms with Gasteiger partial charge in [-0.1, -0.05) is 6.08 Å². The third kappa shape index (κ3) is 4.42. The molecule has 0 unspecified atom stereocenters. The van der Waals surface area contributed by atoms with Gasteiger partial charge in [0.15, 0.2) is 11.5 Å². The second-order valence-corrected chi connectivity index (χ2v) is 6.48. The van der Waals surface area contributed by atoms with Crippen LogP contribution in [0.1, 0.15) is 26.3 Å². The SMILES string of the molecule is C=CCN1C(=O)N/C(=C/c2cc(Br)c(OC(C)C)c(OCC)c2)C1=O. The predicted octanol–water partition coefficient (Wildman–Crippen LogP) is 3.71. The molecule has 1 aliphatic heterocycles. The van der Waals surface area contributed by atoms with Gasteiger partial charge in [-0.3, -0.25) is 9.69 Å². The van der Waals surface area contributed by atoms with E-state index in [1.54, 1.807) is 12.1 Å². The van der Waals surface area contributed by atoms with Crippen LogP contribution in [0.5, 0.6) is 11.5 Å². The highest BCUT2D eigenvalue weighted by molar-refractivity contribution is 9.10. The van der Waals surface area contributed by atoms with Crippen molar-refractivity contribution in [3.63, 3.8) is 0 Å². The van der Waals surface area contributed by atoms with Crippen molar-refractivity contribution in [1.29, 1.82) is 0 Å². The molecule has 0 aliphatic carbocycles. The Hall–Kier alpha value is -2.28. The lowest BCUT2D eigenvalue weighted by molar-refractivity contribution is -0.122. The van der Waals surface area contributed by atoms with Crippen LogP contribution in [0.3, 0.4) is 0 Å². The molecule has 1 aromatic rings. The van der Waals surface area contributed by atoms with E-state index in [2.05, 4.69) is 27.8 Å². The van der Waals surface area contributed by atoms with Gasteiger partial charge < -0.3 is 14.8 Å². The highest BCUT2D eigenvalue weighted by Crippen LogP contribution is 2.38. The molecule has 0 radical (unpaired) electrons. The number of ether oxygens (including phenoxy) is 2. The molecule has 7 heteroatoms. The molecule has 0 atom stereocenters. The molecule has 0 spiro atoms. The number of carbonyl (C=O) groups is 2. The van der Waals surface area contributed by atoms with E-state index < -0.39 is 6.03 Å². The lowest BCUT2D eigenvalue weighted by Gasteiger charge is -2.17. The largest absolute Gasteiger partial charge is 0.490 e. The summed E-state index contributed by atoms with van der Waals surface area (Å²) in [5.74, 6) is 0.785. The first-order valence-corrected chi connectivity index (χ1v) is 8.75. The van der Waals surface area contributed by atoms with Crippen molar-refractivity contribution in [3.05, 3.63) is 40.5 Å². The van der Waals surface area contributed by atoms with Gasteiger partial charge >= 0.3 is 6.03 Å². The number of nitrogens with one attached hydrogen (secondary N) is 1. The average molecular weight is 409 g/mol. The van der Waals surface area contributed by atoms with E-state index in [1.807, 2.05) is 26.8 Å². The van der Waals surface area contributed by atoms with Crippen molar-refractivity contribution in [3.8, 4) is 11.5 Å². The molecular weight excluding hydrogens is 388 g/mol. The van der Waals surface area contributed by atoms with Gasteiger partial charge in [-0.2, -0.15) is 0 Å². The van der Waals surface area contributed by atoms with Gasteiger partial charge in [0, 0.05) is 6.54 Å². The third-order valence-electron chi connectivity index (χ3n) is 3.27. The summed E-state index contributed by atoms with van der Waals surface area (Å²) in [6, 6.07) is 3.12. The Morgan fingerprint density at radius 2 is 2.08 bits per heavy atom. The lowest BCUT2D eigenvalue weighted by atomic mass is 10.1. The predicted molar refractivity (Wildman–Crippen MR) is 99.5 cm³/mol. The summed E-state index contributed by atoms with van der Waals surface area (Å²) in [6.07, 6.45) is 3.10. The van der Waals surface area contributed by atoms with Crippen LogP contribution in [0.25, 0.3) is 6.08 Å². The Bertz CT molecular complexity index is 728. The molecule has 1 N–H and O–H groups in total. The highest BCUT2D eigenvalue weighted by atomic mass is 79.9. The summed E-state index contributed by atoms with van der Waals surface area (Å²) in [4.78, 5) is 25.2. The Morgan fingerprint density at radius 3 is 2.68 bits per heavy atom. The molecule has 25 heavy (non-hydrogen) atoms. The van der Waals surface area contributed by atoms with E-state index in [1.165, 1.54) is 6.08 Å². The van der Waals surface area contributed by atoms with Gasteiger partial charge in [0.2, 0.25) is 0 Å². The molecule has 1 aromatic carbocycles. The van der Waals surface area contributed by atoms with E-state index in [0.717, 1.165) is 4.90 Å². The van der Waals surface area contributed by atoms with Crippen LogP contribution in [-0.2, 0) is 4.79 Å². The molecular formula is C18H21BrN2O4. The fourth-order valence-electron chi connectivity index (χ4n) is 2.32. The summed E-state index contributed by atoms with van der Waals surface area (Å²) in [5.41, 5.74) is 0.911. The van der Waals surface area contributed by atoms with Crippen LogP contribution in [0, 0.1) is 0 Å². The number of benzene rings is 1. The molecule has 0 bridgehead atoms. The summed E-state index contributed by atoms with van der Waals surface area (Å²) in [5, 5.41) is 2.57. The van der Waals surface area contributed by atoms with Gasteiger partial charge in [-0.15, -0.1) is 6.58 Å². The maximum absolute atomic E-state index is 12.3. The fourth-order valence-corrected chi connectivity index (χ4v) is 2.87. The first kappa shape index (κ1) is 19.1. The third-order valence-corrected chi connectivity index (χ3v) is 3.86. The molecule has 1 heterocycles. The van der Waals surface area contributed by atoms with E-state index in [9.17, 15) is 9.59 Å². The van der Waals surface area contributed by atoms with Crippen LogP contribution in [0.15, 0.2) is 35.0 Å². The number of urea groups is 1. The Kier molecular flexibility index (Phi) is 6.25. The summed E-state index contributed by atoms with van der Waals surface area (Å²) < 4.78 is 12.2. The zero-order valence-electron chi connectivity index (χ0n) is 14.5. The van der Waals surface area contributed by atoms with E-state index in [4.69, 9.17) is 9.47 Å². The number of nitrogens with zero attached hydrogens (tertiary/aromatic N) is 1. The molecule has 0 aromatic heterocycles. The molecule has 134 valence electrons. The number of amides is 3. The van der Waals surface area contributed by atoms with E-state index in [-0.39, 0.29) is 24.3 Å². The zero-order valence-corrected chi connectivity index (χ0v) is 16.1. The van der Waals surface area contributed by atoms with Crippen molar-refractivity contribution in [2.45, 2.75) is 26.9 Å². The topological polar surface area (TPSA) is 67.9 Å². The van der Waals surface area contributed by atoms with Crippen molar-refractivity contribution < 1.29 is 19.1 Å². The highest BCUT2D eigenvalue weighted by Gasteiger charge is 2.32. The molecule has 2 rings (SSSR count). The summed E-state index contributed by atoms with van der Waals surface area (Å²) in [6.45, 7) is 9.93. The fraction of sp³-hybridized carbons (Fsp3) is 0.333. The number of halogens is 1. The zero-order chi connectivity index (χ0) is 18.6. The summed E-state index contributed by atoms with van der Waals surface area (Å²) in [7, 11) is 0. The van der Waals surface area contributed by atoms with Crippen molar-refractivity contribution >= 4 is 33.9 Å². The van der Waals surface area contributed by atoms with Gasteiger partial charge in [0.1, 0.15) is 5.70 Å². The molecule has 6 nitrogen and oxygen atoms in total. The molecule has 1 fully saturated rings. The van der Waals surface area contributed by atoms with Crippen LogP contribution in [0.4, 0.5) is 4.79 Å². The minimum atomic E-state index is -0.458. The Balaban J connectivity index is 2.38. The first-order chi connectivity index (χ1) is 11.9. The number of imide groups is 1. The van der Waals surface area contributed by atoms with Crippen molar-refractivity contribution in [1.82, 2.24) is 10.2 Å². The van der Waals surface area contributed by atoms with Gasteiger partial charge in [-0.05, 0) is 60.5 Å². The minimum absolute atomic E-state index is 0.0112. The van der Waals surface area contributed by atoms with Gasteiger partial charge in [0.25, 0.3) is 5.91 Å².